The molecule has 46 heavy (non-hydrogen) atoms. The fourth-order valence-corrected chi connectivity index (χ4v) is 7.02. The van der Waals surface area contributed by atoms with Gasteiger partial charge in [-0.05, 0) is 55.9 Å². The number of anilines is 2. The molecule has 2 aliphatic heterocycles. The normalized spacial score (nSPS) is 19.0. The predicted octanol–water partition coefficient (Wildman–Crippen LogP) is 4.33. The summed E-state index contributed by atoms with van der Waals surface area (Å²) < 4.78 is 34.6. The van der Waals surface area contributed by atoms with Gasteiger partial charge in [-0.3, -0.25) is 9.52 Å². The lowest BCUT2D eigenvalue weighted by Crippen LogP contribution is -2.53. The van der Waals surface area contributed by atoms with Crippen LogP contribution in [-0.2, 0) is 27.8 Å². The molecule has 0 bridgehead atoms. The number of aromatic nitrogens is 3. The van der Waals surface area contributed by atoms with Crippen molar-refractivity contribution < 1.29 is 17.9 Å². The van der Waals surface area contributed by atoms with E-state index >= 15 is 0 Å². The lowest BCUT2D eigenvalue weighted by Gasteiger charge is -2.35. The Morgan fingerprint density at radius 3 is 2.70 bits per heavy atom. The highest BCUT2D eigenvalue weighted by atomic mass is 32.2. The Hall–Kier alpha value is -4.00. The van der Waals surface area contributed by atoms with Gasteiger partial charge in [0.25, 0.3) is 5.91 Å². The first kappa shape index (κ1) is 32.0. The molecule has 0 aliphatic carbocycles. The average molecular weight is 646 g/mol. The fourth-order valence-electron chi connectivity index (χ4n) is 6.44. The van der Waals surface area contributed by atoms with Crippen molar-refractivity contribution in [3.8, 4) is 0 Å². The number of benzene rings is 2. The predicted molar refractivity (Wildman–Crippen MR) is 180 cm³/mol. The third-order valence-electron chi connectivity index (χ3n) is 8.73. The first-order chi connectivity index (χ1) is 22.2. The fraction of sp³-hybridized carbons (Fsp3) is 0.441. The molecule has 2 atom stereocenters. The molecule has 2 aromatic heterocycles. The summed E-state index contributed by atoms with van der Waals surface area (Å²) in [6, 6.07) is 17.5. The smallest absolute Gasteiger partial charge is 0.256 e. The zero-order chi connectivity index (χ0) is 32.3. The van der Waals surface area contributed by atoms with E-state index in [1.54, 1.807) is 12.1 Å². The minimum atomic E-state index is -3.56. The molecule has 2 aliphatic rings. The Balaban J connectivity index is 1.21. The van der Waals surface area contributed by atoms with Crippen molar-refractivity contribution in [1.29, 1.82) is 0 Å². The molecule has 0 saturated carbocycles. The number of carbonyl (C=O) groups excluding carboxylic acids is 1. The molecule has 1 amide bonds. The SMILES string of the molecule is CCc1ccc(NS(C)(=O)=O)c(C(=O)N2CCCC[C@H]2c2cc3nc(N4CCN[C@@H](COCc5ccccc5)C4)c(C)cn3n2)c1. The Morgan fingerprint density at radius 2 is 1.91 bits per heavy atom. The second-order valence-corrected chi connectivity index (χ2v) is 14.1. The molecule has 244 valence electrons. The number of carbonyl (C=O) groups is 1. The van der Waals surface area contributed by atoms with E-state index in [0.29, 0.717) is 31.0 Å². The molecule has 11 nitrogen and oxygen atoms in total. The van der Waals surface area contributed by atoms with E-state index in [1.807, 2.05) is 52.9 Å². The van der Waals surface area contributed by atoms with Crippen molar-refractivity contribution in [2.75, 3.05) is 48.7 Å². The molecule has 0 radical (unpaired) electrons. The number of piperidine rings is 1. The van der Waals surface area contributed by atoms with Gasteiger partial charge in [-0.25, -0.2) is 17.9 Å². The van der Waals surface area contributed by atoms with Crippen LogP contribution in [0.1, 0.15) is 65.0 Å². The Morgan fingerprint density at radius 1 is 1.09 bits per heavy atom. The van der Waals surface area contributed by atoms with Gasteiger partial charge in [0.05, 0.1) is 42.5 Å². The van der Waals surface area contributed by atoms with Crippen LogP contribution >= 0.6 is 0 Å². The number of hydrogen-bond acceptors (Lipinski definition) is 8. The van der Waals surface area contributed by atoms with Gasteiger partial charge in [0.1, 0.15) is 5.82 Å². The van der Waals surface area contributed by atoms with Crippen LogP contribution in [0, 0.1) is 6.92 Å². The van der Waals surface area contributed by atoms with Crippen molar-refractivity contribution >= 4 is 33.1 Å². The van der Waals surface area contributed by atoms with Crippen LogP contribution in [0.15, 0.2) is 60.8 Å². The molecule has 2 N–H and O–H groups in total. The molecular weight excluding hydrogens is 602 g/mol. The molecule has 4 aromatic rings. The standard InChI is InChI=1S/C34H43N7O4S/c1-4-25-13-14-29(38-46(3,43)44)28(18-25)34(42)40-16-9-8-12-31(40)30-19-32-36-33(24(2)20-41(32)37-30)39-17-15-35-27(21-39)23-45-22-26-10-6-5-7-11-26/h5-7,10-11,13-14,18-20,27,31,35,38H,4,8-9,12,15-17,21-23H2,1-3H3/t27-,31+/m1/s1. The molecule has 2 saturated heterocycles. The van der Waals surface area contributed by atoms with Gasteiger partial charge in [0.2, 0.25) is 10.0 Å². The van der Waals surface area contributed by atoms with E-state index < -0.39 is 10.0 Å². The summed E-state index contributed by atoms with van der Waals surface area (Å²) in [6.07, 6.45) is 6.46. The summed E-state index contributed by atoms with van der Waals surface area (Å²) in [7, 11) is -3.56. The number of fused-ring (bicyclic) bond motifs is 1. The molecule has 4 heterocycles. The number of piperazine rings is 1. The van der Waals surface area contributed by atoms with Crippen molar-refractivity contribution in [2.24, 2.45) is 0 Å². The summed E-state index contributed by atoms with van der Waals surface area (Å²) >= 11 is 0. The third kappa shape index (κ3) is 7.35. The number of nitrogens with one attached hydrogen (secondary N) is 2. The maximum absolute atomic E-state index is 14.1. The van der Waals surface area contributed by atoms with Gasteiger partial charge in [-0.2, -0.15) is 5.10 Å². The third-order valence-corrected chi connectivity index (χ3v) is 9.32. The summed E-state index contributed by atoms with van der Waals surface area (Å²) in [5, 5.41) is 8.48. The molecular formula is C34H43N7O4S. The number of aryl methyl sites for hydroxylation is 2. The van der Waals surface area contributed by atoms with Crippen LogP contribution in [0.4, 0.5) is 11.5 Å². The largest absolute Gasteiger partial charge is 0.375 e. The minimum absolute atomic E-state index is 0.186. The van der Waals surface area contributed by atoms with Crippen LogP contribution < -0.4 is 14.9 Å². The quantitative estimate of drug-likeness (QED) is 0.262. The number of nitrogens with zero attached hydrogens (tertiary/aromatic N) is 5. The van der Waals surface area contributed by atoms with Crippen molar-refractivity contribution in [2.45, 2.75) is 58.2 Å². The lowest BCUT2D eigenvalue weighted by atomic mass is 9.97. The average Bonchev–Trinajstić information content (AvgIpc) is 3.47. The van der Waals surface area contributed by atoms with Crippen LogP contribution in [0.2, 0.25) is 0 Å². The first-order valence-corrected chi connectivity index (χ1v) is 18.0. The summed E-state index contributed by atoms with van der Waals surface area (Å²) in [6.45, 7) is 8.29. The second-order valence-electron chi connectivity index (χ2n) is 12.3. The van der Waals surface area contributed by atoms with Gasteiger partial charge in [0, 0.05) is 50.0 Å². The number of hydrogen-bond donors (Lipinski definition) is 2. The molecule has 2 fully saturated rings. The zero-order valence-electron chi connectivity index (χ0n) is 26.8. The van der Waals surface area contributed by atoms with Crippen LogP contribution in [0.5, 0.6) is 0 Å². The summed E-state index contributed by atoms with van der Waals surface area (Å²) in [4.78, 5) is 23.3. The van der Waals surface area contributed by atoms with Crippen molar-refractivity contribution in [3.63, 3.8) is 0 Å². The number of likely N-dealkylation sites (tertiary alicyclic amines) is 1. The van der Waals surface area contributed by atoms with Crippen molar-refractivity contribution in [1.82, 2.24) is 24.8 Å². The lowest BCUT2D eigenvalue weighted by molar-refractivity contribution is 0.0606. The maximum atomic E-state index is 14.1. The molecule has 12 heteroatoms. The van der Waals surface area contributed by atoms with E-state index in [9.17, 15) is 13.2 Å². The monoisotopic (exact) mass is 645 g/mol. The summed E-state index contributed by atoms with van der Waals surface area (Å²) in [5.74, 6) is 0.729. The van der Waals surface area contributed by atoms with Gasteiger partial charge in [-0.1, -0.05) is 43.3 Å². The highest BCUT2D eigenvalue weighted by molar-refractivity contribution is 7.92. The van der Waals surface area contributed by atoms with E-state index in [0.717, 1.165) is 85.4 Å². The van der Waals surface area contributed by atoms with Gasteiger partial charge in [0.15, 0.2) is 5.65 Å². The highest BCUT2D eigenvalue weighted by Gasteiger charge is 2.32. The molecule has 2 aromatic carbocycles. The van der Waals surface area contributed by atoms with Gasteiger partial charge in [-0.15, -0.1) is 0 Å². The number of amides is 1. The number of ether oxygens (including phenoxy) is 1. The molecule has 6 rings (SSSR count). The Bertz CT molecular complexity index is 1790. The van der Waals surface area contributed by atoms with E-state index in [4.69, 9.17) is 14.8 Å². The van der Waals surface area contributed by atoms with E-state index in [-0.39, 0.29) is 18.0 Å². The molecule has 0 spiro atoms. The topological polar surface area (TPSA) is 121 Å². The molecule has 0 unspecified atom stereocenters. The first-order valence-electron chi connectivity index (χ1n) is 16.1. The maximum Gasteiger partial charge on any atom is 0.256 e. The zero-order valence-corrected chi connectivity index (χ0v) is 27.6. The van der Waals surface area contributed by atoms with E-state index in [2.05, 4.69) is 34.0 Å². The Labute approximate surface area is 271 Å². The van der Waals surface area contributed by atoms with E-state index in [1.165, 1.54) is 0 Å². The number of sulfonamides is 1. The summed E-state index contributed by atoms with van der Waals surface area (Å²) in [5.41, 5.74) is 5.33. The Kier molecular flexibility index (Phi) is 9.57. The van der Waals surface area contributed by atoms with Gasteiger partial charge >= 0.3 is 0 Å². The van der Waals surface area contributed by atoms with Crippen LogP contribution in [0.3, 0.4) is 0 Å². The number of rotatable bonds is 10. The second kappa shape index (κ2) is 13.8. The van der Waals surface area contributed by atoms with Crippen LogP contribution in [-0.4, -0.2) is 78.9 Å². The highest BCUT2D eigenvalue weighted by Crippen LogP contribution is 2.34. The minimum Gasteiger partial charge on any atom is -0.375 e. The van der Waals surface area contributed by atoms with Crippen LogP contribution in [0.25, 0.3) is 5.65 Å². The van der Waals surface area contributed by atoms with Crippen molar-refractivity contribution in [3.05, 3.63) is 88.7 Å². The van der Waals surface area contributed by atoms with Gasteiger partial charge < -0.3 is 19.9 Å².